The van der Waals surface area contributed by atoms with Gasteiger partial charge in [0.15, 0.2) is 0 Å². The Labute approximate surface area is 138 Å². The predicted molar refractivity (Wildman–Crippen MR) is 96.1 cm³/mol. The monoisotopic (exact) mass is 308 g/mol. The van der Waals surface area contributed by atoms with Gasteiger partial charge in [-0.2, -0.15) is 0 Å². The zero-order valence-electron chi connectivity index (χ0n) is 14.0. The zero-order valence-corrected chi connectivity index (χ0v) is 14.0. The number of amides is 1. The second-order valence-corrected chi connectivity index (χ2v) is 5.98. The van der Waals surface area contributed by atoms with Crippen molar-refractivity contribution in [1.29, 1.82) is 0 Å². The molecule has 1 atom stereocenters. The summed E-state index contributed by atoms with van der Waals surface area (Å²) >= 11 is 0. The molecule has 0 heterocycles. The van der Waals surface area contributed by atoms with E-state index >= 15 is 0 Å². The van der Waals surface area contributed by atoms with Crippen molar-refractivity contribution in [3.05, 3.63) is 77.4 Å². The number of hydrogen-bond donors (Lipinski definition) is 1. The maximum atomic E-state index is 12.3. The summed E-state index contributed by atoms with van der Waals surface area (Å²) in [5, 5.41) is 3.08. The van der Waals surface area contributed by atoms with Gasteiger partial charge in [0.2, 0.25) is 5.91 Å². The van der Waals surface area contributed by atoms with Gasteiger partial charge in [-0.15, -0.1) is 0 Å². The molecule has 0 saturated heterocycles. The zero-order chi connectivity index (χ0) is 16.7. The van der Waals surface area contributed by atoms with Crippen molar-refractivity contribution in [2.75, 3.05) is 20.6 Å². The largest absolute Gasteiger partial charge is 0.344 e. The fourth-order valence-electron chi connectivity index (χ4n) is 2.45. The third-order valence-corrected chi connectivity index (χ3v) is 3.54. The summed E-state index contributed by atoms with van der Waals surface area (Å²) in [6.45, 7) is 2.80. The highest BCUT2D eigenvalue weighted by molar-refractivity contribution is 5.92. The molecule has 0 radical (unpaired) electrons. The molecular formula is C20H24N2O. The van der Waals surface area contributed by atoms with Gasteiger partial charge < -0.3 is 10.2 Å². The first kappa shape index (κ1) is 17.0. The van der Waals surface area contributed by atoms with Crippen LogP contribution in [0, 0.1) is 6.92 Å². The van der Waals surface area contributed by atoms with E-state index in [9.17, 15) is 4.79 Å². The first-order valence-corrected chi connectivity index (χ1v) is 7.79. The first-order chi connectivity index (χ1) is 11.0. The van der Waals surface area contributed by atoms with Crippen LogP contribution in [0.1, 0.15) is 22.7 Å². The molecule has 0 spiro atoms. The van der Waals surface area contributed by atoms with Crippen LogP contribution >= 0.6 is 0 Å². The van der Waals surface area contributed by atoms with E-state index in [4.69, 9.17) is 0 Å². The highest BCUT2D eigenvalue weighted by Gasteiger charge is 2.13. The lowest BCUT2D eigenvalue weighted by atomic mass is 10.1. The number of nitrogens with one attached hydrogen (secondary N) is 1. The van der Waals surface area contributed by atoms with Crippen molar-refractivity contribution in [1.82, 2.24) is 10.2 Å². The average molecular weight is 308 g/mol. The molecule has 0 aromatic heterocycles. The first-order valence-electron chi connectivity index (χ1n) is 7.79. The molecular weight excluding hydrogens is 284 g/mol. The van der Waals surface area contributed by atoms with Gasteiger partial charge in [-0.05, 0) is 38.2 Å². The Balaban J connectivity index is 2.05. The van der Waals surface area contributed by atoms with Crippen molar-refractivity contribution in [3.8, 4) is 0 Å². The number of carbonyl (C=O) groups is 1. The number of aryl methyl sites for hydroxylation is 1. The van der Waals surface area contributed by atoms with Crippen molar-refractivity contribution >= 4 is 12.0 Å². The van der Waals surface area contributed by atoms with Gasteiger partial charge in [-0.3, -0.25) is 4.79 Å². The Morgan fingerprint density at radius 1 is 1.13 bits per heavy atom. The van der Waals surface area contributed by atoms with Gasteiger partial charge in [0.25, 0.3) is 0 Å². The van der Waals surface area contributed by atoms with Crippen LogP contribution in [-0.2, 0) is 4.79 Å². The summed E-state index contributed by atoms with van der Waals surface area (Å²) < 4.78 is 0. The Bertz CT molecular complexity index is 662. The topological polar surface area (TPSA) is 32.3 Å². The summed E-state index contributed by atoms with van der Waals surface area (Å²) in [6, 6.07) is 18.1. The number of carbonyl (C=O) groups excluding carboxylic acids is 1. The van der Waals surface area contributed by atoms with E-state index in [1.807, 2.05) is 75.6 Å². The maximum Gasteiger partial charge on any atom is 0.244 e. The van der Waals surface area contributed by atoms with Gasteiger partial charge in [0, 0.05) is 12.6 Å². The molecule has 1 N–H and O–H groups in total. The quantitative estimate of drug-likeness (QED) is 0.829. The maximum absolute atomic E-state index is 12.3. The van der Waals surface area contributed by atoms with Crippen molar-refractivity contribution in [2.24, 2.45) is 0 Å². The Kier molecular flexibility index (Phi) is 6.12. The highest BCUT2D eigenvalue weighted by atomic mass is 16.1. The van der Waals surface area contributed by atoms with Gasteiger partial charge >= 0.3 is 0 Å². The summed E-state index contributed by atoms with van der Waals surface area (Å²) in [5.41, 5.74) is 3.32. The van der Waals surface area contributed by atoms with Crippen LogP contribution in [0.2, 0.25) is 0 Å². The molecule has 2 aromatic carbocycles. The lowest BCUT2D eigenvalue weighted by molar-refractivity contribution is -0.117. The average Bonchev–Trinajstić information content (AvgIpc) is 2.53. The minimum Gasteiger partial charge on any atom is -0.344 e. The van der Waals surface area contributed by atoms with Gasteiger partial charge in [-0.1, -0.05) is 60.2 Å². The van der Waals surface area contributed by atoms with E-state index in [2.05, 4.69) is 16.3 Å². The molecule has 3 heteroatoms. The molecule has 0 aliphatic rings. The molecule has 0 aliphatic heterocycles. The standard InChI is InChI=1S/C20H24N2O/c1-16-8-7-9-17(14-16)12-13-20(23)21-19(15-22(2)3)18-10-5-4-6-11-18/h4-14,19H,15H2,1-3H3,(H,21,23)/b13-12+/t19-/m1/s1. The van der Waals surface area contributed by atoms with Crippen LogP contribution in [0.4, 0.5) is 0 Å². The molecule has 23 heavy (non-hydrogen) atoms. The Hall–Kier alpha value is -2.39. The Morgan fingerprint density at radius 2 is 1.87 bits per heavy atom. The lowest BCUT2D eigenvalue weighted by Crippen LogP contribution is -2.34. The van der Waals surface area contributed by atoms with E-state index in [1.54, 1.807) is 6.08 Å². The van der Waals surface area contributed by atoms with Crippen molar-refractivity contribution in [2.45, 2.75) is 13.0 Å². The summed E-state index contributed by atoms with van der Waals surface area (Å²) in [5.74, 6) is -0.0813. The van der Waals surface area contributed by atoms with Gasteiger partial charge in [0.1, 0.15) is 0 Å². The number of nitrogens with zero attached hydrogens (tertiary/aromatic N) is 1. The highest BCUT2D eigenvalue weighted by Crippen LogP contribution is 2.13. The van der Waals surface area contributed by atoms with E-state index in [-0.39, 0.29) is 11.9 Å². The molecule has 0 aliphatic carbocycles. The fourth-order valence-corrected chi connectivity index (χ4v) is 2.45. The van der Waals surface area contributed by atoms with E-state index in [0.717, 1.165) is 17.7 Å². The SMILES string of the molecule is Cc1cccc(/C=C/C(=O)N[C@H](CN(C)C)c2ccccc2)c1. The number of hydrogen-bond acceptors (Lipinski definition) is 2. The van der Waals surface area contributed by atoms with E-state index < -0.39 is 0 Å². The summed E-state index contributed by atoms with van der Waals surface area (Å²) in [7, 11) is 4.01. The molecule has 2 aromatic rings. The number of benzene rings is 2. The van der Waals surface area contributed by atoms with E-state index in [0.29, 0.717) is 0 Å². The lowest BCUT2D eigenvalue weighted by Gasteiger charge is -2.22. The van der Waals surface area contributed by atoms with Crippen LogP contribution < -0.4 is 5.32 Å². The van der Waals surface area contributed by atoms with Crippen LogP contribution in [-0.4, -0.2) is 31.4 Å². The summed E-state index contributed by atoms with van der Waals surface area (Å²) in [6.07, 6.45) is 3.44. The predicted octanol–water partition coefficient (Wildman–Crippen LogP) is 3.43. The Morgan fingerprint density at radius 3 is 2.52 bits per heavy atom. The second kappa shape index (κ2) is 8.30. The second-order valence-electron chi connectivity index (χ2n) is 5.98. The molecule has 120 valence electrons. The van der Waals surface area contributed by atoms with E-state index in [1.165, 1.54) is 5.56 Å². The normalized spacial score (nSPS) is 12.5. The molecule has 0 saturated carbocycles. The van der Waals surface area contributed by atoms with Crippen LogP contribution in [0.15, 0.2) is 60.7 Å². The molecule has 0 unspecified atom stereocenters. The van der Waals surface area contributed by atoms with Gasteiger partial charge in [-0.25, -0.2) is 0 Å². The number of likely N-dealkylation sites (N-methyl/N-ethyl adjacent to an activating group) is 1. The van der Waals surface area contributed by atoms with Crippen LogP contribution in [0.3, 0.4) is 0 Å². The van der Waals surface area contributed by atoms with Crippen molar-refractivity contribution in [3.63, 3.8) is 0 Å². The van der Waals surface area contributed by atoms with Gasteiger partial charge in [0.05, 0.1) is 6.04 Å². The van der Waals surface area contributed by atoms with Crippen LogP contribution in [0.25, 0.3) is 6.08 Å². The minimum atomic E-state index is -0.0813. The smallest absolute Gasteiger partial charge is 0.244 e. The van der Waals surface area contributed by atoms with Crippen LogP contribution in [0.5, 0.6) is 0 Å². The molecule has 0 bridgehead atoms. The molecule has 1 amide bonds. The minimum absolute atomic E-state index is 0.0270. The third-order valence-electron chi connectivity index (χ3n) is 3.54. The summed E-state index contributed by atoms with van der Waals surface area (Å²) in [4.78, 5) is 14.3. The van der Waals surface area contributed by atoms with Crippen molar-refractivity contribution < 1.29 is 4.79 Å². The number of rotatable bonds is 6. The molecule has 0 fully saturated rings. The molecule has 2 rings (SSSR count). The fraction of sp³-hybridized carbons (Fsp3) is 0.250. The third kappa shape index (κ3) is 5.72. The molecule has 3 nitrogen and oxygen atoms in total.